The summed E-state index contributed by atoms with van der Waals surface area (Å²) in [7, 11) is 0. The van der Waals surface area contributed by atoms with E-state index in [0.717, 1.165) is 45.3 Å². The number of nitrogens with zero attached hydrogens (tertiary/aromatic N) is 2. The van der Waals surface area contributed by atoms with Crippen molar-refractivity contribution in [1.29, 1.82) is 0 Å². The predicted octanol–water partition coefficient (Wildman–Crippen LogP) is 0.633. The molecule has 7 heteroatoms. The average Bonchev–Trinajstić information content (AvgIpc) is 2.47. The molecule has 6 nitrogen and oxygen atoms in total. The molecule has 0 spiro atoms. The van der Waals surface area contributed by atoms with Crippen LogP contribution in [0.15, 0.2) is 0 Å². The Morgan fingerprint density at radius 2 is 1.91 bits per heavy atom. The fourth-order valence-electron chi connectivity index (χ4n) is 3.18. The van der Waals surface area contributed by atoms with Gasteiger partial charge in [0.05, 0.1) is 19.1 Å². The third kappa shape index (κ3) is 5.41. The van der Waals surface area contributed by atoms with Gasteiger partial charge in [0.1, 0.15) is 0 Å². The molecule has 2 N–H and O–H groups in total. The molecule has 2 fully saturated rings. The van der Waals surface area contributed by atoms with Gasteiger partial charge in [0.15, 0.2) is 0 Å². The predicted molar refractivity (Wildman–Crippen MR) is 86.8 cm³/mol. The fraction of sp³-hybridized carbons (Fsp3) is 0.867. The number of hydrogen-bond acceptors (Lipinski definition) is 5. The van der Waals surface area contributed by atoms with E-state index in [9.17, 15) is 9.59 Å². The van der Waals surface area contributed by atoms with E-state index in [1.807, 2.05) is 11.8 Å². The van der Waals surface area contributed by atoms with Crippen molar-refractivity contribution < 1.29 is 14.3 Å². The molecule has 2 heterocycles. The van der Waals surface area contributed by atoms with E-state index in [1.54, 1.807) is 0 Å². The van der Waals surface area contributed by atoms with Crippen LogP contribution in [-0.4, -0.2) is 67.0 Å². The molecule has 2 rings (SSSR count). The van der Waals surface area contributed by atoms with Gasteiger partial charge in [0.2, 0.25) is 5.91 Å². The number of esters is 1. The minimum atomic E-state index is -0.171. The molecule has 2 aliphatic rings. The average molecular weight is 334 g/mol. The molecule has 2 aliphatic heterocycles. The zero-order valence-electron chi connectivity index (χ0n) is 13.3. The number of nitrogens with two attached hydrogens (primary N) is 1. The summed E-state index contributed by atoms with van der Waals surface area (Å²) in [5.41, 5.74) is 5.95. The lowest BCUT2D eigenvalue weighted by Crippen LogP contribution is -2.50. The summed E-state index contributed by atoms with van der Waals surface area (Å²) in [6, 6.07) is 0.181. The van der Waals surface area contributed by atoms with Gasteiger partial charge in [0.25, 0.3) is 0 Å². The van der Waals surface area contributed by atoms with Crippen molar-refractivity contribution in [3.63, 3.8) is 0 Å². The standard InChI is InChI=1S/C15H27N3O3.ClH/c1-2-21-15(20)12-5-3-8-18(9-12)14(19)11-17-7-4-6-13(16)10-17;/h12-13H,2-11,16H2,1H3;1H/t12?,13-;/m0./s1. The first kappa shape index (κ1) is 19.2. The molecule has 0 aliphatic carbocycles. The first-order valence-electron chi connectivity index (χ1n) is 8.02. The number of halogens is 1. The van der Waals surface area contributed by atoms with Crippen molar-refractivity contribution in [3.8, 4) is 0 Å². The fourth-order valence-corrected chi connectivity index (χ4v) is 3.18. The van der Waals surface area contributed by atoms with Gasteiger partial charge in [0, 0.05) is 25.7 Å². The van der Waals surface area contributed by atoms with Gasteiger partial charge in [-0.25, -0.2) is 0 Å². The summed E-state index contributed by atoms with van der Waals surface area (Å²) in [5.74, 6) is -0.223. The highest BCUT2D eigenvalue weighted by Gasteiger charge is 2.30. The summed E-state index contributed by atoms with van der Waals surface area (Å²) in [5, 5.41) is 0. The van der Waals surface area contributed by atoms with E-state index in [1.165, 1.54) is 0 Å². The maximum Gasteiger partial charge on any atom is 0.310 e. The molecular formula is C15H28ClN3O3. The number of likely N-dealkylation sites (tertiary alicyclic amines) is 2. The van der Waals surface area contributed by atoms with Crippen molar-refractivity contribution in [2.24, 2.45) is 11.7 Å². The molecule has 1 unspecified atom stereocenters. The first-order valence-corrected chi connectivity index (χ1v) is 8.02. The topological polar surface area (TPSA) is 75.9 Å². The van der Waals surface area contributed by atoms with E-state index >= 15 is 0 Å². The Morgan fingerprint density at radius 1 is 1.18 bits per heavy atom. The third-order valence-electron chi connectivity index (χ3n) is 4.29. The summed E-state index contributed by atoms with van der Waals surface area (Å²) in [6.07, 6.45) is 3.78. The highest BCUT2D eigenvalue weighted by Crippen LogP contribution is 2.18. The van der Waals surface area contributed by atoms with E-state index in [2.05, 4.69) is 4.90 Å². The van der Waals surface area contributed by atoms with E-state index < -0.39 is 0 Å². The van der Waals surface area contributed by atoms with Crippen molar-refractivity contribution in [2.75, 3.05) is 39.3 Å². The number of hydrogen-bond donors (Lipinski definition) is 1. The highest BCUT2D eigenvalue weighted by molar-refractivity contribution is 5.85. The van der Waals surface area contributed by atoms with Gasteiger partial charge in [-0.3, -0.25) is 14.5 Å². The monoisotopic (exact) mass is 333 g/mol. The SMILES string of the molecule is CCOC(=O)C1CCCN(C(=O)CN2CCC[C@H](N)C2)C1.Cl. The Hall–Kier alpha value is -0.850. The van der Waals surface area contributed by atoms with E-state index in [-0.39, 0.29) is 36.2 Å². The number of rotatable bonds is 4. The molecule has 0 radical (unpaired) electrons. The molecule has 2 atom stereocenters. The van der Waals surface area contributed by atoms with Crippen molar-refractivity contribution in [1.82, 2.24) is 9.80 Å². The maximum absolute atomic E-state index is 12.4. The lowest BCUT2D eigenvalue weighted by atomic mass is 9.98. The Labute approximate surface area is 138 Å². The van der Waals surface area contributed by atoms with Crippen LogP contribution in [0.1, 0.15) is 32.6 Å². The molecule has 1 amide bonds. The summed E-state index contributed by atoms with van der Waals surface area (Å²) >= 11 is 0. The molecule has 128 valence electrons. The second-order valence-corrected chi connectivity index (χ2v) is 6.07. The van der Waals surface area contributed by atoms with Crippen molar-refractivity contribution in [3.05, 3.63) is 0 Å². The minimum absolute atomic E-state index is 0. The van der Waals surface area contributed by atoms with Crippen LogP contribution in [0.25, 0.3) is 0 Å². The minimum Gasteiger partial charge on any atom is -0.466 e. The van der Waals surface area contributed by atoms with Crippen LogP contribution < -0.4 is 5.73 Å². The van der Waals surface area contributed by atoms with Crippen molar-refractivity contribution >= 4 is 24.3 Å². The summed E-state index contributed by atoms with van der Waals surface area (Å²) in [4.78, 5) is 28.1. The van der Waals surface area contributed by atoms with Gasteiger partial charge < -0.3 is 15.4 Å². The van der Waals surface area contributed by atoms with Crippen LogP contribution in [0.4, 0.5) is 0 Å². The van der Waals surface area contributed by atoms with E-state index in [0.29, 0.717) is 19.7 Å². The molecule has 0 saturated carbocycles. The van der Waals surface area contributed by atoms with Crippen LogP contribution >= 0.6 is 12.4 Å². The second kappa shape index (κ2) is 9.33. The van der Waals surface area contributed by atoms with Crippen LogP contribution in [0, 0.1) is 5.92 Å². The largest absolute Gasteiger partial charge is 0.466 e. The highest BCUT2D eigenvalue weighted by atomic mass is 35.5. The Morgan fingerprint density at radius 3 is 2.59 bits per heavy atom. The van der Waals surface area contributed by atoms with Gasteiger partial charge in [-0.1, -0.05) is 0 Å². The molecule has 0 aromatic rings. The molecule has 0 aromatic heterocycles. The summed E-state index contributed by atoms with van der Waals surface area (Å²) in [6.45, 7) is 5.60. The van der Waals surface area contributed by atoms with Gasteiger partial charge in [-0.05, 0) is 39.2 Å². The molecule has 2 saturated heterocycles. The van der Waals surface area contributed by atoms with Crippen LogP contribution in [-0.2, 0) is 14.3 Å². The smallest absolute Gasteiger partial charge is 0.310 e. The van der Waals surface area contributed by atoms with Gasteiger partial charge in [-0.2, -0.15) is 0 Å². The number of amides is 1. The zero-order chi connectivity index (χ0) is 15.2. The molecule has 22 heavy (non-hydrogen) atoms. The maximum atomic E-state index is 12.4. The van der Waals surface area contributed by atoms with E-state index in [4.69, 9.17) is 10.5 Å². The first-order chi connectivity index (χ1) is 10.1. The second-order valence-electron chi connectivity index (χ2n) is 6.07. The van der Waals surface area contributed by atoms with Crippen LogP contribution in [0.2, 0.25) is 0 Å². The molecular weight excluding hydrogens is 306 g/mol. The van der Waals surface area contributed by atoms with Gasteiger partial charge >= 0.3 is 5.97 Å². The number of carbonyl (C=O) groups excluding carboxylic acids is 2. The van der Waals surface area contributed by atoms with Gasteiger partial charge in [-0.15, -0.1) is 12.4 Å². The lowest BCUT2D eigenvalue weighted by molar-refractivity contribution is -0.151. The van der Waals surface area contributed by atoms with Crippen molar-refractivity contribution in [2.45, 2.75) is 38.6 Å². The third-order valence-corrected chi connectivity index (χ3v) is 4.29. The normalized spacial score (nSPS) is 26.2. The number of ether oxygens (including phenoxy) is 1. The Kier molecular flexibility index (Phi) is 8.14. The Balaban J connectivity index is 0.00000242. The zero-order valence-corrected chi connectivity index (χ0v) is 14.1. The van der Waals surface area contributed by atoms with Crippen LogP contribution in [0.3, 0.4) is 0 Å². The molecule has 0 bridgehead atoms. The molecule has 0 aromatic carbocycles. The number of carbonyl (C=O) groups is 2. The summed E-state index contributed by atoms with van der Waals surface area (Å²) < 4.78 is 5.07. The lowest BCUT2D eigenvalue weighted by Gasteiger charge is -2.35. The quantitative estimate of drug-likeness (QED) is 0.764. The Bertz CT molecular complexity index is 381. The van der Waals surface area contributed by atoms with Crippen LogP contribution in [0.5, 0.6) is 0 Å². The number of piperidine rings is 2.